The van der Waals surface area contributed by atoms with Crippen molar-refractivity contribution >= 4 is 0 Å². The standard InChI is InChI=1S/C21H28F3N5O/c22-21(23,24)17-8-9-18(25-13-17)29-20(30)26-19(27-29)16-7-4-11-28(14-16)12-10-15-5-2-1-3-6-15/h8-9,13,15-16H,1-7,10-12,14H2,(H,26,27,30)/t16-/m0/s1. The van der Waals surface area contributed by atoms with Crippen LogP contribution in [-0.2, 0) is 6.18 Å². The average molecular weight is 423 g/mol. The maximum absolute atomic E-state index is 12.7. The minimum atomic E-state index is -4.46. The Morgan fingerprint density at radius 3 is 2.60 bits per heavy atom. The third kappa shape index (κ3) is 4.94. The maximum atomic E-state index is 12.7. The number of rotatable bonds is 5. The molecule has 0 amide bonds. The van der Waals surface area contributed by atoms with Gasteiger partial charge in [0, 0.05) is 18.7 Å². The SMILES string of the molecule is O=c1[nH]c([C@H]2CCCN(CCC3CCCCC3)C2)nn1-c1ccc(C(F)(F)F)cn1. The molecule has 1 aliphatic carbocycles. The first-order valence-corrected chi connectivity index (χ1v) is 10.9. The van der Waals surface area contributed by atoms with Crippen LogP contribution >= 0.6 is 0 Å². The first-order valence-electron chi connectivity index (χ1n) is 10.9. The Kier molecular flexibility index (Phi) is 6.26. The van der Waals surface area contributed by atoms with Crippen molar-refractivity contribution < 1.29 is 13.2 Å². The van der Waals surface area contributed by atoms with Gasteiger partial charge in [-0.05, 0) is 50.4 Å². The Labute approximate surface area is 173 Å². The highest BCUT2D eigenvalue weighted by Gasteiger charge is 2.31. The number of pyridine rings is 1. The van der Waals surface area contributed by atoms with Crippen LogP contribution in [0.25, 0.3) is 5.82 Å². The summed E-state index contributed by atoms with van der Waals surface area (Å²) in [4.78, 5) is 21.4. The lowest BCUT2D eigenvalue weighted by molar-refractivity contribution is -0.137. The van der Waals surface area contributed by atoms with Crippen LogP contribution in [0.15, 0.2) is 23.1 Å². The fraction of sp³-hybridized carbons (Fsp3) is 0.667. The van der Waals surface area contributed by atoms with Crippen molar-refractivity contribution in [1.29, 1.82) is 0 Å². The number of hydrogen-bond acceptors (Lipinski definition) is 4. The molecule has 2 fully saturated rings. The summed E-state index contributed by atoms with van der Waals surface area (Å²) in [7, 11) is 0. The summed E-state index contributed by atoms with van der Waals surface area (Å²) in [6.07, 6.45) is 6.23. The second kappa shape index (κ2) is 8.91. The fourth-order valence-electron chi connectivity index (χ4n) is 4.68. The summed E-state index contributed by atoms with van der Waals surface area (Å²) in [6, 6.07) is 2.09. The lowest BCUT2D eigenvalue weighted by Gasteiger charge is -2.33. The van der Waals surface area contributed by atoms with Crippen molar-refractivity contribution in [2.24, 2.45) is 5.92 Å². The van der Waals surface area contributed by atoms with Crippen molar-refractivity contribution in [3.63, 3.8) is 0 Å². The molecule has 0 spiro atoms. The van der Waals surface area contributed by atoms with Gasteiger partial charge in [-0.1, -0.05) is 32.1 Å². The molecule has 2 aliphatic rings. The molecular weight excluding hydrogens is 395 g/mol. The van der Waals surface area contributed by atoms with Gasteiger partial charge in [0.25, 0.3) is 0 Å². The molecule has 9 heteroatoms. The van der Waals surface area contributed by atoms with E-state index >= 15 is 0 Å². The number of aromatic amines is 1. The molecule has 0 unspecified atom stereocenters. The Bertz CT molecular complexity index is 883. The van der Waals surface area contributed by atoms with Gasteiger partial charge in [0.2, 0.25) is 0 Å². The number of alkyl halides is 3. The number of hydrogen-bond donors (Lipinski definition) is 1. The van der Waals surface area contributed by atoms with E-state index in [0.717, 1.165) is 55.3 Å². The summed E-state index contributed by atoms with van der Waals surface area (Å²) < 4.78 is 39.2. The molecular formula is C21H28F3N5O. The van der Waals surface area contributed by atoms with E-state index in [1.54, 1.807) is 0 Å². The highest BCUT2D eigenvalue weighted by molar-refractivity contribution is 5.25. The molecule has 2 aromatic heterocycles. The second-order valence-corrected chi connectivity index (χ2v) is 8.56. The van der Waals surface area contributed by atoms with Crippen molar-refractivity contribution in [3.05, 3.63) is 40.2 Å². The topological polar surface area (TPSA) is 66.8 Å². The van der Waals surface area contributed by atoms with E-state index in [2.05, 4.69) is 20.0 Å². The molecule has 6 nitrogen and oxygen atoms in total. The molecule has 0 aromatic carbocycles. The van der Waals surface area contributed by atoms with Gasteiger partial charge in [0.05, 0.1) is 5.56 Å². The lowest BCUT2D eigenvalue weighted by atomic mass is 9.86. The summed E-state index contributed by atoms with van der Waals surface area (Å²) in [5, 5.41) is 4.36. The first-order chi connectivity index (χ1) is 14.4. The molecule has 164 valence electrons. The van der Waals surface area contributed by atoms with Crippen molar-refractivity contribution in [3.8, 4) is 5.82 Å². The largest absolute Gasteiger partial charge is 0.417 e. The quantitative estimate of drug-likeness (QED) is 0.786. The zero-order chi connectivity index (χ0) is 21.1. The first kappa shape index (κ1) is 21.1. The van der Waals surface area contributed by atoms with Crippen LogP contribution in [-0.4, -0.2) is 44.3 Å². The van der Waals surface area contributed by atoms with Crippen LogP contribution in [0, 0.1) is 5.92 Å². The molecule has 1 saturated carbocycles. The zero-order valence-electron chi connectivity index (χ0n) is 17.0. The number of likely N-dealkylation sites (tertiary alicyclic amines) is 1. The Morgan fingerprint density at radius 2 is 1.90 bits per heavy atom. The zero-order valence-corrected chi connectivity index (χ0v) is 17.0. The molecule has 2 aromatic rings. The van der Waals surface area contributed by atoms with Crippen molar-refractivity contribution in [2.45, 2.75) is 63.5 Å². The van der Waals surface area contributed by atoms with Crippen molar-refractivity contribution in [2.75, 3.05) is 19.6 Å². The monoisotopic (exact) mass is 423 g/mol. The number of halogens is 3. The molecule has 1 atom stereocenters. The van der Waals surface area contributed by atoms with E-state index < -0.39 is 17.4 Å². The maximum Gasteiger partial charge on any atom is 0.417 e. The van der Waals surface area contributed by atoms with Crippen LogP contribution in [0.3, 0.4) is 0 Å². The summed E-state index contributed by atoms with van der Waals surface area (Å²) in [5.74, 6) is 1.63. The van der Waals surface area contributed by atoms with Crippen LogP contribution < -0.4 is 5.69 Å². The molecule has 3 heterocycles. The number of aromatic nitrogens is 4. The predicted molar refractivity (Wildman–Crippen MR) is 107 cm³/mol. The normalized spacial score (nSPS) is 21.8. The molecule has 4 rings (SSSR count). The van der Waals surface area contributed by atoms with Gasteiger partial charge in [-0.2, -0.15) is 17.9 Å². The van der Waals surface area contributed by atoms with Crippen LogP contribution in [0.4, 0.5) is 13.2 Å². The third-order valence-corrected chi connectivity index (χ3v) is 6.40. The van der Waals surface area contributed by atoms with E-state index in [1.165, 1.54) is 44.6 Å². The number of piperidine rings is 1. The third-order valence-electron chi connectivity index (χ3n) is 6.40. The Morgan fingerprint density at radius 1 is 1.10 bits per heavy atom. The van der Waals surface area contributed by atoms with Gasteiger partial charge in [-0.3, -0.25) is 4.98 Å². The van der Waals surface area contributed by atoms with Gasteiger partial charge in [0.1, 0.15) is 5.82 Å². The molecule has 1 N–H and O–H groups in total. The van der Waals surface area contributed by atoms with Gasteiger partial charge < -0.3 is 4.90 Å². The van der Waals surface area contributed by atoms with E-state index in [-0.39, 0.29) is 11.7 Å². The smallest absolute Gasteiger partial charge is 0.303 e. The van der Waals surface area contributed by atoms with E-state index in [0.29, 0.717) is 5.82 Å². The average Bonchev–Trinajstić information content (AvgIpc) is 3.14. The van der Waals surface area contributed by atoms with E-state index in [1.807, 2.05) is 0 Å². The number of nitrogens with one attached hydrogen (secondary N) is 1. The van der Waals surface area contributed by atoms with Crippen molar-refractivity contribution in [1.82, 2.24) is 24.6 Å². The predicted octanol–water partition coefficient (Wildman–Crippen LogP) is 4.12. The van der Waals surface area contributed by atoms with E-state index in [4.69, 9.17) is 0 Å². The highest BCUT2D eigenvalue weighted by Crippen LogP contribution is 2.30. The minimum Gasteiger partial charge on any atom is -0.303 e. The van der Waals surface area contributed by atoms with Gasteiger partial charge in [-0.15, -0.1) is 5.10 Å². The molecule has 0 bridgehead atoms. The van der Waals surface area contributed by atoms with Crippen LogP contribution in [0.2, 0.25) is 0 Å². The highest BCUT2D eigenvalue weighted by atomic mass is 19.4. The van der Waals surface area contributed by atoms with Gasteiger partial charge in [-0.25, -0.2) is 9.78 Å². The Balaban J connectivity index is 1.41. The fourth-order valence-corrected chi connectivity index (χ4v) is 4.68. The molecule has 1 aliphatic heterocycles. The lowest BCUT2D eigenvalue weighted by Crippen LogP contribution is -2.36. The van der Waals surface area contributed by atoms with Gasteiger partial charge >= 0.3 is 11.9 Å². The molecule has 0 radical (unpaired) electrons. The minimum absolute atomic E-state index is 0.0838. The van der Waals surface area contributed by atoms with E-state index in [9.17, 15) is 18.0 Å². The molecule has 1 saturated heterocycles. The van der Waals surface area contributed by atoms with Crippen LogP contribution in [0.1, 0.15) is 68.7 Å². The number of H-pyrrole nitrogens is 1. The summed E-state index contributed by atoms with van der Waals surface area (Å²) >= 11 is 0. The summed E-state index contributed by atoms with van der Waals surface area (Å²) in [6.45, 7) is 2.99. The number of nitrogens with zero attached hydrogens (tertiary/aromatic N) is 4. The Hall–Kier alpha value is -2.16. The second-order valence-electron chi connectivity index (χ2n) is 8.56. The molecule has 30 heavy (non-hydrogen) atoms. The van der Waals surface area contributed by atoms with Gasteiger partial charge in [0.15, 0.2) is 5.82 Å². The van der Waals surface area contributed by atoms with Crippen LogP contribution in [0.5, 0.6) is 0 Å². The summed E-state index contributed by atoms with van der Waals surface area (Å²) in [5.41, 5.74) is -1.33.